The zero-order valence-electron chi connectivity index (χ0n) is 17.6. The van der Waals surface area contributed by atoms with Crippen LogP contribution in [0.25, 0.3) is 0 Å². The third-order valence-corrected chi connectivity index (χ3v) is 6.15. The quantitative estimate of drug-likeness (QED) is 0.742. The van der Waals surface area contributed by atoms with Gasteiger partial charge >= 0.3 is 6.09 Å². The Balaban J connectivity index is 1.87. The fourth-order valence-electron chi connectivity index (χ4n) is 3.65. The molecular formula is C21H30N2O5S. The van der Waals surface area contributed by atoms with Crippen LogP contribution < -0.4 is 0 Å². The Kier molecular flexibility index (Phi) is 6.33. The molecule has 1 aromatic rings. The number of ether oxygens (including phenoxy) is 2. The van der Waals surface area contributed by atoms with E-state index in [0.717, 1.165) is 37.0 Å². The molecule has 0 spiro atoms. The average molecular weight is 423 g/mol. The molecule has 1 fully saturated rings. The van der Waals surface area contributed by atoms with E-state index in [4.69, 9.17) is 14.5 Å². The second-order valence-corrected chi connectivity index (χ2v) is 10.7. The van der Waals surface area contributed by atoms with E-state index >= 15 is 0 Å². The van der Waals surface area contributed by atoms with Gasteiger partial charge in [0.1, 0.15) is 11.8 Å². The number of sulfone groups is 1. The number of benzene rings is 1. The summed E-state index contributed by atoms with van der Waals surface area (Å²) in [5.41, 5.74) is 1.18. The van der Waals surface area contributed by atoms with Crippen molar-refractivity contribution in [3.05, 3.63) is 29.8 Å². The molecule has 160 valence electrons. The van der Waals surface area contributed by atoms with E-state index in [0.29, 0.717) is 13.2 Å². The molecule has 1 aromatic carbocycles. The molecule has 2 atom stereocenters. The molecule has 0 N–H and O–H groups in total. The van der Waals surface area contributed by atoms with Gasteiger partial charge in [-0.25, -0.2) is 13.2 Å². The molecule has 2 aliphatic rings. The highest BCUT2D eigenvalue weighted by Gasteiger charge is 2.37. The Morgan fingerprint density at radius 1 is 1.21 bits per heavy atom. The zero-order valence-corrected chi connectivity index (χ0v) is 18.4. The second kappa shape index (κ2) is 8.44. The van der Waals surface area contributed by atoms with Crippen LogP contribution in [0.5, 0.6) is 0 Å². The third kappa shape index (κ3) is 5.57. The molecule has 0 aromatic heterocycles. The van der Waals surface area contributed by atoms with Crippen molar-refractivity contribution < 1.29 is 22.7 Å². The molecule has 8 heteroatoms. The van der Waals surface area contributed by atoms with Crippen molar-refractivity contribution in [2.45, 2.75) is 69.2 Å². The van der Waals surface area contributed by atoms with Crippen LogP contribution in [-0.4, -0.2) is 62.4 Å². The van der Waals surface area contributed by atoms with E-state index in [9.17, 15) is 13.2 Å². The minimum Gasteiger partial charge on any atom is -0.444 e. The number of amides is 1. The van der Waals surface area contributed by atoms with Crippen molar-refractivity contribution in [3.63, 3.8) is 0 Å². The van der Waals surface area contributed by atoms with E-state index in [1.165, 1.54) is 6.26 Å². The Morgan fingerprint density at radius 3 is 2.45 bits per heavy atom. The molecule has 1 saturated heterocycles. The normalized spacial score (nSPS) is 22.8. The van der Waals surface area contributed by atoms with Crippen LogP contribution in [0, 0.1) is 0 Å². The minimum atomic E-state index is -3.24. The fraction of sp³-hybridized carbons (Fsp3) is 0.619. The van der Waals surface area contributed by atoms with Crippen LogP contribution in [0.1, 0.15) is 52.0 Å². The minimum absolute atomic E-state index is 0.0504. The molecule has 2 heterocycles. The third-order valence-electron chi connectivity index (χ3n) is 5.02. The summed E-state index contributed by atoms with van der Waals surface area (Å²) in [4.78, 5) is 19.9. The maximum Gasteiger partial charge on any atom is 0.412 e. The first-order valence-corrected chi connectivity index (χ1v) is 11.9. The smallest absolute Gasteiger partial charge is 0.412 e. The van der Waals surface area contributed by atoms with Gasteiger partial charge in [0.25, 0.3) is 0 Å². The average Bonchev–Trinajstić information content (AvgIpc) is 3.14. The number of carbonyl (C=O) groups is 1. The molecule has 0 radical (unpaired) electrons. The first-order chi connectivity index (χ1) is 13.5. The first kappa shape index (κ1) is 21.8. The topological polar surface area (TPSA) is 85.3 Å². The molecule has 2 aliphatic heterocycles. The van der Waals surface area contributed by atoms with E-state index in [1.807, 2.05) is 20.8 Å². The number of nitrogens with zero attached hydrogens (tertiary/aromatic N) is 2. The molecule has 2 unspecified atom stereocenters. The highest BCUT2D eigenvalue weighted by Crippen LogP contribution is 2.27. The molecule has 1 amide bonds. The summed E-state index contributed by atoms with van der Waals surface area (Å²) < 4.78 is 34.6. The largest absolute Gasteiger partial charge is 0.444 e. The van der Waals surface area contributed by atoms with Crippen LogP contribution in [0.15, 0.2) is 34.2 Å². The van der Waals surface area contributed by atoms with Gasteiger partial charge in [-0.15, -0.1) is 0 Å². The van der Waals surface area contributed by atoms with Gasteiger partial charge in [-0.05, 0) is 64.2 Å². The number of aliphatic imine (C=N–C) groups is 1. The summed E-state index contributed by atoms with van der Waals surface area (Å²) in [5, 5.41) is 0. The Bertz CT molecular complexity index is 865. The molecule has 0 saturated carbocycles. The van der Waals surface area contributed by atoms with Gasteiger partial charge in [0.2, 0.25) is 0 Å². The number of rotatable bonds is 4. The summed E-state index contributed by atoms with van der Waals surface area (Å²) in [6, 6.07) is 6.73. The maximum absolute atomic E-state index is 13.0. The van der Waals surface area contributed by atoms with Crippen molar-refractivity contribution in [3.8, 4) is 0 Å². The van der Waals surface area contributed by atoms with Crippen LogP contribution >= 0.6 is 0 Å². The molecule has 29 heavy (non-hydrogen) atoms. The van der Waals surface area contributed by atoms with Gasteiger partial charge in [-0.1, -0.05) is 12.1 Å². The summed E-state index contributed by atoms with van der Waals surface area (Å²) in [7, 11) is -3.24. The SMILES string of the molecule is CC(C)(C)OC(=O)N(C1CCOC1)C1CCCC(c2ccc(S(C)(=O)=O)cc2)=N1. The predicted octanol–water partition coefficient (Wildman–Crippen LogP) is 3.42. The molecule has 0 bridgehead atoms. The zero-order chi connectivity index (χ0) is 21.2. The van der Waals surface area contributed by atoms with Gasteiger partial charge in [0.05, 0.1) is 17.5 Å². The lowest BCUT2D eigenvalue weighted by molar-refractivity contribution is 0.00259. The standard InChI is InChI=1S/C21H30N2O5S/c1-21(2,3)28-20(24)23(16-12-13-27-14-16)19-7-5-6-18(22-19)15-8-10-17(11-9-15)29(4,25)26/h8-11,16,19H,5-7,12-14H2,1-4H3. The van der Waals surface area contributed by atoms with E-state index in [-0.39, 0.29) is 23.2 Å². The highest BCUT2D eigenvalue weighted by atomic mass is 32.2. The number of hydrogen-bond donors (Lipinski definition) is 0. The number of hydrogen-bond acceptors (Lipinski definition) is 6. The van der Waals surface area contributed by atoms with Gasteiger partial charge in [-0.3, -0.25) is 9.89 Å². The molecule has 7 nitrogen and oxygen atoms in total. The van der Waals surface area contributed by atoms with Crippen molar-refractivity contribution in [2.75, 3.05) is 19.5 Å². The summed E-state index contributed by atoms with van der Waals surface area (Å²) in [6.45, 7) is 6.68. The summed E-state index contributed by atoms with van der Waals surface area (Å²) >= 11 is 0. The van der Waals surface area contributed by atoms with E-state index in [2.05, 4.69) is 0 Å². The Hall–Kier alpha value is -1.93. The molecule has 3 rings (SSSR count). The van der Waals surface area contributed by atoms with Gasteiger partial charge in [-0.2, -0.15) is 0 Å². The molecule has 0 aliphatic carbocycles. The van der Waals surface area contributed by atoms with Crippen molar-refractivity contribution in [1.29, 1.82) is 0 Å². The van der Waals surface area contributed by atoms with Crippen molar-refractivity contribution >= 4 is 21.6 Å². The van der Waals surface area contributed by atoms with Crippen molar-refractivity contribution in [1.82, 2.24) is 4.90 Å². The fourth-order valence-corrected chi connectivity index (χ4v) is 4.28. The second-order valence-electron chi connectivity index (χ2n) is 8.65. The lowest BCUT2D eigenvalue weighted by Crippen LogP contribution is -2.50. The van der Waals surface area contributed by atoms with Crippen LogP contribution in [-0.2, 0) is 19.3 Å². The van der Waals surface area contributed by atoms with Gasteiger partial charge in [0, 0.05) is 18.6 Å². The predicted molar refractivity (Wildman–Crippen MR) is 111 cm³/mol. The first-order valence-electron chi connectivity index (χ1n) is 10.0. The van der Waals surface area contributed by atoms with Crippen LogP contribution in [0.2, 0.25) is 0 Å². The van der Waals surface area contributed by atoms with Gasteiger partial charge < -0.3 is 9.47 Å². The van der Waals surface area contributed by atoms with E-state index < -0.39 is 15.4 Å². The maximum atomic E-state index is 13.0. The Morgan fingerprint density at radius 2 is 1.90 bits per heavy atom. The summed E-state index contributed by atoms with van der Waals surface area (Å²) in [5.74, 6) is 0. The summed E-state index contributed by atoms with van der Waals surface area (Å²) in [6.07, 6.45) is 3.73. The lowest BCUT2D eigenvalue weighted by atomic mass is 9.99. The van der Waals surface area contributed by atoms with Crippen LogP contribution in [0.4, 0.5) is 4.79 Å². The lowest BCUT2D eigenvalue weighted by Gasteiger charge is -2.37. The Labute approximate surface area is 173 Å². The van der Waals surface area contributed by atoms with Crippen molar-refractivity contribution in [2.24, 2.45) is 4.99 Å². The van der Waals surface area contributed by atoms with Gasteiger partial charge in [0.15, 0.2) is 9.84 Å². The monoisotopic (exact) mass is 422 g/mol. The van der Waals surface area contributed by atoms with Crippen LogP contribution in [0.3, 0.4) is 0 Å². The van der Waals surface area contributed by atoms with E-state index in [1.54, 1.807) is 29.2 Å². The highest BCUT2D eigenvalue weighted by molar-refractivity contribution is 7.90. The molecular weight excluding hydrogens is 392 g/mol. The number of carbonyl (C=O) groups excluding carboxylic acids is 1.